The molecule has 10 heteroatoms. The molecule has 5 rings (SSSR count). The maximum absolute atomic E-state index is 13.4. The van der Waals surface area contributed by atoms with Crippen LogP contribution in [-0.4, -0.2) is 57.6 Å². The Bertz CT molecular complexity index is 1440. The van der Waals surface area contributed by atoms with Gasteiger partial charge in [-0.25, -0.2) is 4.79 Å². The molecule has 0 aliphatic carbocycles. The van der Waals surface area contributed by atoms with Crippen LogP contribution < -0.4 is 5.32 Å². The molecule has 4 aromatic rings. The van der Waals surface area contributed by atoms with Crippen molar-refractivity contribution in [3.05, 3.63) is 88.5 Å². The molecule has 1 aliphatic rings. The van der Waals surface area contributed by atoms with Gasteiger partial charge >= 0.3 is 5.97 Å². The molecule has 0 spiro atoms. The number of benzene rings is 1. The molecule has 9 nitrogen and oxygen atoms in total. The zero-order chi connectivity index (χ0) is 26.5. The summed E-state index contributed by atoms with van der Waals surface area (Å²) in [6.45, 7) is 1.21. The number of ether oxygens (including phenoxy) is 1. The van der Waals surface area contributed by atoms with Crippen molar-refractivity contribution in [1.82, 2.24) is 19.7 Å². The quantitative estimate of drug-likeness (QED) is 0.355. The lowest BCUT2D eigenvalue weighted by Crippen LogP contribution is -2.39. The number of hydrogen-bond donors (Lipinski definition) is 1. The van der Waals surface area contributed by atoms with Crippen LogP contribution in [0, 0.1) is 0 Å². The average Bonchev–Trinajstić information content (AvgIpc) is 3.62. The number of pyridine rings is 1. The van der Waals surface area contributed by atoms with Crippen LogP contribution in [0.2, 0.25) is 0 Å². The lowest BCUT2D eigenvalue weighted by molar-refractivity contribution is -0.115. The van der Waals surface area contributed by atoms with Crippen LogP contribution >= 0.6 is 11.3 Å². The summed E-state index contributed by atoms with van der Waals surface area (Å²) in [6, 6.07) is 16.9. The third-order valence-electron chi connectivity index (χ3n) is 6.48. The molecule has 4 heterocycles. The van der Waals surface area contributed by atoms with E-state index >= 15 is 0 Å². The molecule has 1 fully saturated rings. The Hall–Kier alpha value is -4.31. The van der Waals surface area contributed by atoms with Gasteiger partial charge in [-0.2, -0.15) is 5.10 Å². The van der Waals surface area contributed by atoms with Crippen LogP contribution in [0.4, 0.5) is 5.69 Å². The van der Waals surface area contributed by atoms with E-state index in [-0.39, 0.29) is 24.3 Å². The number of esters is 1. The summed E-state index contributed by atoms with van der Waals surface area (Å²) in [7, 11) is 1.33. The molecule has 194 valence electrons. The van der Waals surface area contributed by atoms with Crippen molar-refractivity contribution in [2.24, 2.45) is 0 Å². The van der Waals surface area contributed by atoms with E-state index in [0.717, 1.165) is 23.3 Å². The Morgan fingerprint density at radius 3 is 2.61 bits per heavy atom. The fourth-order valence-corrected chi connectivity index (χ4v) is 5.48. The van der Waals surface area contributed by atoms with Crippen molar-refractivity contribution in [1.29, 1.82) is 0 Å². The predicted molar refractivity (Wildman–Crippen MR) is 144 cm³/mol. The second-order valence-electron chi connectivity index (χ2n) is 8.98. The lowest BCUT2D eigenvalue weighted by Gasteiger charge is -2.32. The zero-order valence-corrected chi connectivity index (χ0v) is 21.7. The first-order valence-electron chi connectivity index (χ1n) is 12.3. The van der Waals surface area contributed by atoms with E-state index in [0.29, 0.717) is 34.9 Å². The Kier molecular flexibility index (Phi) is 7.60. The molecule has 0 atom stereocenters. The second-order valence-corrected chi connectivity index (χ2v) is 10.1. The number of amides is 2. The SMILES string of the molecule is COC(=O)c1ccc(CC(=O)Nc2cnn(C3CCN(C(=O)c4cccnc4-c4ccccc4)CC3)c2)s1. The van der Waals surface area contributed by atoms with Crippen molar-refractivity contribution in [3.8, 4) is 11.3 Å². The van der Waals surface area contributed by atoms with Gasteiger partial charge in [-0.1, -0.05) is 30.3 Å². The average molecular weight is 530 g/mol. The van der Waals surface area contributed by atoms with Gasteiger partial charge in [0, 0.05) is 35.9 Å². The molecule has 1 N–H and O–H groups in total. The molecule has 2 amide bonds. The lowest BCUT2D eigenvalue weighted by atomic mass is 10.0. The number of thiophene rings is 1. The summed E-state index contributed by atoms with van der Waals surface area (Å²) >= 11 is 1.24. The second kappa shape index (κ2) is 11.4. The van der Waals surface area contributed by atoms with Gasteiger partial charge in [0.25, 0.3) is 5.91 Å². The first kappa shape index (κ1) is 25.3. The van der Waals surface area contributed by atoms with Gasteiger partial charge in [-0.3, -0.25) is 19.3 Å². The molecule has 1 saturated heterocycles. The van der Waals surface area contributed by atoms with E-state index in [1.807, 2.05) is 52.2 Å². The first-order valence-corrected chi connectivity index (χ1v) is 13.1. The molecule has 3 aromatic heterocycles. The van der Waals surface area contributed by atoms with Gasteiger partial charge in [-0.15, -0.1) is 11.3 Å². The van der Waals surface area contributed by atoms with Gasteiger partial charge in [-0.05, 0) is 37.1 Å². The number of carbonyl (C=O) groups is 3. The van der Waals surface area contributed by atoms with Gasteiger partial charge in [0.05, 0.1) is 42.7 Å². The Morgan fingerprint density at radius 1 is 1.05 bits per heavy atom. The Balaban J connectivity index is 1.16. The van der Waals surface area contributed by atoms with Crippen LogP contribution in [0.5, 0.6) is 0 Å². The molecule has 1 aliphatic heterocycles. The van der Waals surface area contributed by atoms with E-state index in [9.17, 15) is 14.4 Å². The van der Waals surface area contributed by atoms with Crippen molar-refractivity contribution < 1.29 is 19.1 Å². The third-order valence-corrected chi connectivity index (χ3v) is 7.54. The van der Waals surface area contributed by atoms with Crippen LogP contribution in [0.3, 0.4) is 0 Å². The van der Waals surface area contributed by atoms with Gasteiger partial charge in [0.2, 0.25) is 5.91 Å². The predicted octanol–water partition coefficient (Wildman–Crippen LogP) is 4.45. The van der Waals surface area contributed by atoms with Crippen molar-refractivity contribution in [3.63, 3.8) is 0 Å². The van der Waals surface area contributed by atoms with E-state index in [4.69, 9.17) is 4.74 Å². The van der Waals surface area contributed by atoms with Gasteiger partial charge < -0.3 is 15.0 Å². The monoisotopic (exact) mass is 529 g/mol. The Morgan fingerprint density at radius 2 is 1.84 bits per heavy atom. The van der Waals surface area contributed by atoms with E-state index in [1.54, 1.807) is 30.6 Å². The highest BCUT2D eigenvalue weighted by atomic mass is 32.1. The third kappa shape index (κ3) is 5.65. The number of nitrogens with one attached hydrogen (secondary N) is 1. The van der Waals surface area contributed by atoms with Crippen molar-refractivity contribution >= 4 is 34.8 Å². The number of piperidine rings is 1. The Labute approximate surface area is 224 Å². The number of nitrogens with zero attached hydrogens (tertiary/aromatic N) is 4. The highest BCUT2D eigenvalue weighted by Gasteiger charge is 2.27. The van der Waals surface area contributed by atoms with Crippen LogP contribution in [-0.2, 0) is 16.0 Å². The normalized spacial score (nSPS) is 13.8. The molecule has 1 aromatic carbocycles. The molecular weight excluding hydrogens is 502 g/mol. The standard InChI is InChI=1S/C28H27N5O4S/c1-37-28(36)24-10-9-22(38-24)16-25(34)31-20-17-30-33(18-20)21-11-14-32(15-12-21)27(35)23-8-5-13-29-26(23)19-6-3-2-4-7-19/h2-10,13,17-18,21H,11-12,14-16H2,1H3,(H,31,34). The number of anilines is 1. The highest BCUT2D eigenvalue weighted by Crippen LogP contribution is 2.27. The largest absolute Gasteiger partial charge is 0.465 e. The minimum absolute atomic E-state index is 0.0206. The zero-order valence-electron chi connectivity index (χ0n) is 20.9. The molecule has 38 heavy (non-hydrogen) atoms. The number of aromatic nitrogens is 3. The number of methoxy groups -OCH3 is 1. The fourth-order valence-electron chi connectivity index (χ4n) is 4.56. The molecule has 0 unspecified atom stereocenters. The minimum Gasteiger partial charge on any atom is -0.465 e. The molecule has 0 saturated carbocycles. The van der Waals surface area contributed by atoms with E-state index in [2.05, 4.69) is 15.4 Å². The number of hydrogen-bond acceptors (Lipinski definition) is 7. The summed E-state index contributed by atoms with van der Waals surface area (Å²) in [5.41, 5.74) is 2.82. The van der Waals surface area contributed by atoms with Gasteiger partial charge in [0.1, 0.15) is 4.88 Å². The molecular formula is C28H27N5O4S. The maximum atomic E-state index is 13.4. The topological polar surface area (TPSA) is 106 Å². The van der Waals surface area contributed by atoms with Crippen LogP contribution in [0.15, 0.2) is 73.2 Å². The highest BCUT2D eigenvalue weighted by molar-refractivity contribution is 7.14. The number of likely N-dealkylation sites (tertiary alicyclic amines) is 1. The summed E-state index contributed by atoms with van der Waals surface area (Å²) < 4.78 is 6.57. The van der Waals surface area contributed by atoms with Gasteiger partial charge in [0.15, 0.2) is 0 Å². The summed E-state index contributed by atoms with van der Waals surface area (Å²) in [6.07, 6.45) is 6.83. The summed E-state index contributed by atoms with van der Waals surface area (Å²) in [5.74, 6) is -0.616. The maximum Gasteiger partial charge on any atom is 0.348 e. The van der Waals surface area contributed by atoms with Crippen molar-refractivity contribution in [2.45, 2.75) is 25.3 Å². The summed E-state index contributed by atoms with van der Waals surface area (Å²) in [5, 5.41) is 7.32. The number of rotatable bonds is 7. The summed E-state index contributed by atoms with van der Waals surface area (Å²) in [4.78, 5) is 45.1. The van der Waals surface area contributed by atoms with Crippen LogP contribution in [0.1, 0.15) is 43.8 Å². The smallest absolute Gasteiger partial charge is 0.348 e. The van der Waals surface area contributed by atoms with Crippen LogP contribution in [0.25, 0.3) is 11.3 Å². The fraction of sp³-hybridized carbons (Fsp3) is 0.250. The van der Waals surface area contributed by atoms with E-state index < -0.39 is 5.97 Å². The molecule has 0 radical (unpaired) electrons. The number of carbonyl (C=O) groups excluding carboxylic acids is 3. The molecule has 0 bridgehead atoms. The minimum atomic E-state index is -0.409. The van der Waals surface area contributed by atoms with Crippen molar-refractivity contribution in [2.75, 3.05) is 25.5 Å². The van der Waals surface area contributed by atoms with E-state index in [1.165, 1.54) is 18.4 Å². The first-order chi connectivity index (χ1) is 18.5.